The minimum atomic E-state index is -0.990. The van der Waals surface area contributed by atoms with E-state index in [1.54, 1.807) is 19.1 Å². The number of carbonyl (C=O) groups is 1. The second kappa shape index (κ2) is 2.47. The molecule has 2 aliphatic rings. The van der Waals surface area contributed by atoms with Crippen LogP contribution in [0.2, 0.25) is 0 Å². The molecule has 0 aliphatic carbocycles. The monoisotopic (exact) mass is 206 g/mol. The van der Waals surface area contributed by atoms with Gasteiger partial charge in [0.2, 0.25) is 0 Å². The summed E-state index contributed by atoms with van der Waals surface area (Å²) in [7, 11) is 0. The van der Waals surface area contributed by atoms with Crippen molar-refractivity contribution in [3.8, 4) is 0 Å². The quantitative estimate of drug-likeness (QED) is 0.444. The average molecular weight is 207 g/mol. The van der Waals surface area contributed by atoms with E-state index in [-0.39, 0.29) is 18.0 Å². The molecule has 0 aromatic heterocycles. The third-order valence-electron chi connectivity index (χ3n) is 2.33. The highest BCUT2D eigenvalue weighted by molar-refractivity contribution is 6.44. The van der Waals surface area contributed by atoms with Crippen LogP contribution >= 0.6 is 23.2 Å². The lowest BCUT2D eigenvalue weighted by atomic mass is 9.94. The summed E-state index contributed by atoms with van der Waals surface area (Å²) in [6.07, 6.45) is 3.01. The number of ketones is 1. The third kappa shape index (κ3) is 0.951. The molecular formula is C8H8Cl2O2. The fraction of sp³-hybridized carbons (Fsp3) is 0.625. The van der Waals surface area contributed by atoms with E-state index in [4.69, 9.17) is 27.9 Å². The first kappa shape index (κ1) is 8.54. The summed E-state index contributed by atoms with van der Waals surface area (Å²) in [5.74, 6) is -0.142. The van der Waals surface area contributed by atoms with Crippen LogP contribution in [0.5, 0.6) is 0 Å². The zero-order valence-electron chi connectivity index (χ0n) is 6.46. The lowest BCUT2D eigenvalue weighted by Gasteiger charge is -2.35. The van der Waals surface area contributed by atoms with Crippen LogP contribution in [-0.2, 0) is 9.53 Å². The number of ether oxygens (including phenoxy) is 1. The zero-order valence-corrected chi connectivity index (χ0v) is 7.97. The zero-order chi connectivity index (χ0) is 8.93. The number of halogens is 2. The van der Waals surface area contributed by atoms with Gasteiger partial charge in [-0.25, -0.2) is 0 Å². The van der Waals surface area contributed by atoms with Gasteiger partial charge in [-0.05, 0) is 6.92 Å². The number of fused-ring (bicyclic) bond motifs is 2. The first-order valence-corrected chi connectivity index (χ1v) is 4.56. The molecule has 2 bridgehead atoms. The van der Waals surface area contributed by atoms with Gasteiger partial charge in [0.05, 0.1) is 0 Å². The lowest BCUT2D eigenvalue weighted by molar-refractivity contribution is -0.132. The molecule has 0 radical (unpaired) electrons. The molecule has 4 atom stereocenters. The molecule has 4 heteroatoms. The lowest BCUT2D eigenvalue weighted by Crippen LogP contribution is -2.53. The van der Waals surface area contributed by atoms with Gasteiger partial charge < -0.3 is 4.74 Å². The summed E-state index contributed by atoms with van der Waals surface area (Å²) < 4.78 is 5.40. The number of alkyl halides is 2. The minimum Gasteiger partial charge on any atom is -0.363 e. The van der Waals surface area contributed by atoms with Crippen molar-refractivity contribution in [2.24, 2.45) is 0 Å². The predicted molar refractivity (Wildman–Crippen MR) is 46.7 cm³/mol. The van der Waals surface area contributed by atoms with Crippen LogP contribution in [0.4, 0.5) is 0 Å². The standard InChI is InChI=1S/C8H8Cl2O2/c1-8(10)5-3-2-4(12-5)6(9)7(8)11/h2-6H,1H3/t4-,5+,6+,8-/m0/s1. The average Bonchev–Trinajstić information content (AvgIpc) is 2.46. The van der Waals surface area contributed by atoms with Gasteiger partial charge in [-0.15, -0.1) is 23.2 Å². The van der Waals surface area contributed by atoms with Gasteiger partial charge in [0.25, 0.3) is 0 Å². The Morgan fingerprint density at radius 2 is 2.25 bits per heavy atom. The smallest absolute Gasteiger partial charge is 0.177 e. The number of hydrogen-bond donors (Lipinski definition) is 0. The van der Waals surface area contributed by atoms with Gasteiger partial charge >= 0.3 is 0 Å². The van der Waals surface area contributed by atoms with Gasteiger partial charge in [0.15, 0.2) is 5.78 Å². The number of rotatable bonds is 0. The molecule has 0 aromatic rings. The Labute approximate surface area is 80.5 Å². The van der Waals surface area contributed by atoms with E-state index in [2.05, 4.69) is 0 Å². The Balaban J connectivity index is 2.38. The van der Waals surface area contributed by atoms with Gasteiger partial charge in [-0.1, -0.05) is 12.2 Å². The molecule has 2 aliphatic heterocycles. The van der Waals surface area contributed by atoms with E-state index in [1.807, 2.05) is 0 Å². The molecule has 1 fully saturated rings. The van der Waals surface area contributed by atoms with E-state index in [1.165, 1.54) is 0 Å². The first-order valence-electron chi connectivity index (χ1n) is 3.74. The fourth-order valence-electron chi connectivity index (χ4n) is 1.50. The summed E-state index contributed by atoms with van der Waals surface area (Å²) in [5, 5.41) is -0.637. The third-order valence-corrected chi connectivity index (χ3v) is 3.18. The van der Waals surface area contributed by atoms with Crippen LogP contribution < -0.4 is 0 Å². The van der Waals surface area contributed by atoms with E-state index < -0.39 is 10.3 Å². The highest BCUT2D eigenvalue weighted by Gasteiger charge is 2.52. The molecule has 0 amide bonds. The summed E-state index contributed by atoms with van der Waals surface area (Å²) >= 11 is 11.8. The highest BCUT2D eigenvalue weighted by atomic mass is 35.5. The van der Waals surface area contributed by atoms with Crippen molar-refractivity contribution in [3.63, 3.8) is 0 Å². The van der Waals surface area contributed by atoms with E-state index >= 15 is 0 Å². The Bertz CT molecular complexity index is 260. The van der Waals surface area contributed by atoms with Crippen molar-refractivity contribution in [2.75, 3.05) is 0 Å². The molecular weight excluding hydrogens is 199 g/mol. The van der Waals surface area contributed by atoms with Crippen LogP contribution in [-0.4, -0.2) is 28.2 Å². The van der Waals surface area contributed by atoms with Crippen molar-refractivity contribution < 1.29 is 9.53 Å². The van der Waals surface area contributed by atoms with Crippen LogP contribution in [0, 0.1) is 0 Å². The maximum atomic E-state index is 11.5. The van der Waals surface area contributed by atoms with Gasteiger partial charge in [0.1, 0.15) is 22.5 Å². The minimum absolute atomic E-state index is 0.142. The molecule has 0 unspecified atom stereocenters. The highest BCUT2D eigenvalue weighted by Crippen LogP contribution is 2.38. The maximum absolute atomic E-state index is 11.5. The van der Waals surface area contributed by atoms with Crippen molar-refractivity contribution in [1.29, 1.82) is 0 Å². The molecule has 66 valence electrons. The molecule has 0 aromatic carbocycles. The van der Waals surface area contributed by atoms with Crippen molar-refractivity contribution in [1.82, 2.24) is 0 Å². The van der Waals surface area contributed by atoms with Crippen LogP contribution in [0.1, 0.15) is 6.92 Å². The largest absolute Gasteiger partial charge is 0.363 e. The Morgan fingerprint density at radius 1 is 1.58 bits per heavy atom. The van der Waals surface area contributed by atoms with Crippen LogP contribution in [0.25, 0.3) is 0 Å². The molecule has 2 heterocycles. The number of Topliss-reactive ketones (excluding diaryl/α,β-unsaturated/α-hetero) is 1. The van der Waals surface area contributed by atoms with Gasteiger partial charge in [-0.3, -0.25) is 4.79 Å². The van der Waals surface area contributed by atoms with Crippen molar-refractivity contribution in [2.45, 2.75) is 29.4 Å². The fourth-order valence-corrected chi connectivity index (χ4v) is 2.17. The van der Waals surface area contributed by atoms with Gasteiger partial charge in [-0.2, -0.15) is 0 Å². The van der Waals surface area contributed by atoms with Crippen molar-refractivity contribution >= 4 is 29.0 Å². The van der Waals surface area contributed by atoms with Gasteiger partial charge in [0, 0.05) is 0 Å². The van der Waals surface area contributed by atoms with Crippen LogP contribution in [0.3, 0.4) is 0 Å². The molecule has 2 nitrogen and oxygen atoms in total. The first-order chi connectivity index (χ1) is 5.53. The SMILES string of the molecule is C[C@@]1(Cl)C(=O)[C@H](Cl)[C@@H]2C=C[C@H]1O2. The number of carbonyl (C=O) groups excluding carboxylic acids is 1. The summed E-state index contributed by atoms with van der Waals surface area (Å²) in [6.45, 7) is 1.64. The van der Waals surface area contributed by atoms with E-state index in [0.717, 1.165) is 0 Å². The Kier molecular flexibility index (Phi) is 1.76. The Hall–Kier alpha value is -0.0500. The maximum Gasteiger partial charge on any atom is 0.177 e. The topological polar surface area (TPSA) is 26.3 Å². The molecule has 12 heavy (non-hydrogen) atoms. The van der Waals surface area contributed by atoms with Crippen LogP contribution in [0.15, 0.2) is 12.2 Å². The molecule has 1 saturated heterocycles. The Morgan fingerprint density at radius 3 is 2.92 bits per heavy atom. The molecule has 2 rings (SSSR count). The molecule has 0 N–H and O–H groups in total. The summed E-state index contributed by atoms with van der Waals surface area (Å²) in [5.41, 5.74) is 0. The summed E-state index contributed by atoms with van der Waals surface area (Å²) in [6, 6.07) is 0. The van der Waals surface area contributed by atoms with E-state index in [0.29, 0.717) is 0 Å². The van der Waals surface area contributed by atoms with Crippen molar-refractivity contribution in [3.05, 3.63) is 12.2 Å². The molecule has 0 spiro atoms. The number of hydrogen-bond acceptors (Lipinski definition) is 2. The second-order valence-electron chi connectivity index (χ2n) is 3.25. The van der Waals surface area contributed by atoms with E-state index in [9.17, 15) is 4.79 Å². The normalized spacial score (nSPS) is 51.6. The molecule has 0 saturated carbocycles. The predicted octanol–water partition coefficient (Wildman–Crippen LogP) is 1.50. The second-order valence-corrected chi connectivity index (χ2v) is 4.50. The summed E-state index contributed by atoms with van der Waals surface area (Å²) in [4.78, 5) is 10.5.